The second kappa shape index (κ2) is 5.54. The molecule has 1 aromatic carbocycles. The molecular weight excluding hydrogens is 285 g/mol. The molecule has 7 nitrogen and oxygen atoms in total. The highest BCUT2D eigenvalue weighted by Gasteiger charge is 2.23. The van der Waals surface area contributed by atoms with Crippen molar-refractivity contribution in [1.29, 1.82) is 10.5 Å². The van der Waals surface area contributed by atoms with Crippen molar-refractivity contribution in [2.24, 2.45) is 0 Å². The summed E-state index contributed by atoms with van der Waals surface area (Å²) < 4.78 is 14.4. The van der Waals surface area contributed by atoms with E-state index in [0.717, 1.165) is 6.07 Å². The normalized spacial score (nSPS) is 9.86. The number of anilines is 3. The third-order valence-electron chi connectivity index (χ3n) is 3.00. The predicted molar refractivity (Wildman–Crippen MR) is 80.0 cm³/mol. The maximum atomic E-state index is 14.4. The van der Waals surface area contributed by atoms with Crippen molar-refractivity contribution < 1.29 is 4.39 Å². The highest BCUT2D eigenvalue weighted by molar-refractivity contribution is 5.86. The fourth-order valence-corrected chi connectivity index (χ4v) is 2.13. The van der Waals surface area contributed by atoms with Gasteiger partial charge in [0, 0.05) is 14.1 Å². The Bertz CT molecular complexity index is 831. The minimum absolute atomic E-state index is 0.0126. The minimum atomic E-state index is -0.642. The van der Waals surface area contributed by atoms with Crippen molar-refractivity contribution in [3.8, 4) is 23.4 Å². The molecule has 0 radical (unpaired) electrons. The van der Waals surface area contributed by atoms with Crippen LogP contribution in [0, 0.1) is 28.5 Å². The monoisotopic (exact) mass is 297 g/mol. The third-order valence-corrected chi connectivity index (χ3v) is 3.00. The van der Waals surface area contributed by atoms with Crippen LogP contribution < -0.4 is 16.4 Å². The number of rotatable bonds is 2. The lowest BCUT2D eigenvalue weighted by Crippen LogP contribution is -2.14. The number of nitrogens with two attached hydrogens (primary N) is 2. The van der Waals surface area contributed by atoms with Gasteiger partial charge >= 0.3 is 0 Å². The summed E-state index contributed by atoms with van der Waals surface area (Å²) in [6.45, 7) is 0. The van der Waals surface area contributed by atoms with Crippen LogP contribution in [0.4, 0.5) is 21.8 Å². The Labute approximate surface area is 126 Å². The van der Waals surface area contributed by atoms with Gasteiger partial charge in [-0.05, 0) is 12.1 Å². The average molecular weight is 297 g/mol. The molecule has 0 spiro atoms. The van der Waals surface area contributed by atoms with Gasteiger partial charge in [-0.15, -0.1) is 0 Å². The Morgan fingerprint density at radius 3 is 2.36 bits per heavy atom. The lowest BCUT2D eigenvalue weighted by atomic mass is 10.00. The average Bonchev–Trinajstić information content (AvgIpc) is 2.46. The zero-order valence-electron chi connectivity index (χ0n) is 11.9. The summed E-state index contributed by atoms with van der Waals surface area (Å²) in [5.74, 6) is -0.967. The Kier molecular flexibility index (Phi) is 3.78. The molecule has 0 aliphatic rings. The summed E-state index contributed by atoms with van der Waals surface area (Å²) in [6.07, 6.45) is 0. The summed E-state index contributed by atoms with van der Waals surface area (Å²) in [5, 5.41) is 18.5. The zero-order valence-corrected chi connectivity index (χ0v) is 11.9. The Hall–Kier alpha value is -3.39. The maximum absolute atomic E-state index is 14.4. The van der Waals surface area contributed by atoms with E-state index in [0.29, 0.717) is 0 Å². The molecule has 0 aliphatic heterocycles. The van der Waals surface area contributed by atoms with Gasteiger partial charge in [0.25, 0.3) is 0 Å². The standard InChI is InChI=1S/C14H12FN7/c1-22(2)12-7(5-16)3-4-9(15)10(12)11-8(6-17)13(18)21-14(19)20-11/h3-4H,1-2H3,(H4,18,19,20,21). The van der Waals surface area contributed by atoms with E-state index in [9.17, 15) is 14.9 Å². The molecule has 0 fully saturated rings. The van der Waals surface area contributed by atoms with Crippen LogP contribution in [0.15, 0.2) is 12.1 Å². The third kappa shape index (κ3) is 2.34. The number of aromatic nitrogens is 2. The first-order valence-corrected chi connectivity index (χ1v) is 6.14. The van der Waals surface area contributed by atoms with Gasteiger partial charge in [0.05, 0.1) is 16.8 Å². The molecule has 0 saturated heterocycles. The van der Waals surface area contributed by atoms with Gasteiger partial charge < -0.3 is 16.4 Å². The maximum Gasteiger partial charge on any atom is 0.222 e. The number of halogens is 1. The highest BCUT2D eigenvalue weighted by atomic mass is 19.1. The van der Waals surface area contributed by atoms with Crippen LogP contribution in [0.3, 0.4) is 0 Å². The van der Waals surface area contributed by atoms with E-state index in [-0.39, 0.29) is 39.8 Å². The lowest BCUT2D eigenvalue weighted by molar-refractivity contribution is 0.630. The Balaban J connectivity index is 2.96. The predicted octanol–water partition coefficient (Wildman–Crippen LogP) is 1.26. The number of nitrogens with zero attached hydrogens (tertiary/aromatic N) is 5. The highest BCUT2D eigenvalue weighted by Crippen LogP contribution is 2.37. The van der Waals surface area contributed by atoms with Crippen molar-refractivity contribution in [3.05, 3.63) is 29.1 Å². The number of hydrogen-bond donors (Lipinski definition) is 2. The molecule has 8 heteroatoms. The molecule has 110 valence electrons. The van der Waals surface area contributed by atoms with Crippen LogP contribution in [0.1, 0.15) is 11.1 Å². The largest absolute Gasteiger partial charge is 0.382 e. The van der Waals surface area contributed by atoms with Gasteiger partial charge in [0.15, 0.2) is 0 Å². The van der Waals surface area contributed by atoms with Crippen LogP contribution >= 0.6 is 0 Å². The van der Waals surface area contributed by atoms with Gasteiger partial charge in [-0.2, -0.15) is 15.5 Å². The summed E-state index contributed by atoms with van der Waals surface area (Å²) in [5.41, 5.74) is 11.6. The molecule has 0 amide bonds. The smallest absolute Gasteiger partial charge is 0.222 e. The Morgan fingerprint density at radius 2 is 1.82 bits per heavy atom. The number of nitrogen functional groups attached to an aromatic ring is 2. The number of benzene rings is 1. The first kappa shape index (κ1) is 15.0. The van der Waals surface area contributed by atoms with Crippen LogP contribution in [0.2, 0.25) is 0 Å². The first-order valence-electron chi connectivity index (χ1n) is 6.14. The summed E-state index contributed by atoms with van der Waals surface area (Å²) in [7, 11) is 3.30. The fourth-order valence-electron chi connectivity index (χ4n) is 2.13. The first-order chi connectivity index (χ1) is 10.4. The van der Waals surface area contributed by atoms with Crippen LogP contribution in [0.25, 0.3) is 11.3 Å². The zero-order chi connectivity index (χ0) is 16.4. The quantitative estimate of drug-likeness (QED) is 0.853. The van der Waals surface area contributed by atoms with Gasteiger partial charge in [-0.25, -0.2) is 9.37 Å². The van der Waals surface area contributed by atoms with E-state index in [1.165, 1.54) is 6.07 Å². The minimum Gasteiger partial charge on any atom is -0.382 e. The molecule has 0 bridgehead atoms. The summed E-state index contributed by atoms with van der Waals surface area (Å²) >= 11 is 0. The van der Waals surface area contributed by atoms with Crippen LogP contribution in [0.5, 0.6) is 0 Å². The molecule has 4 N–H and O–H groups in total. The molecule has 0 saturated carbocycles. The van der Waals surface area contributed by atoms with Crippen molar-refractivity contribution >= 4 is 17.5 Å². The fraction of sp³-hybridized carbons (Fsp3) is 0.143. The molecular formula is C14H12FN7. The number of hydrogen-bond acceptors (Lipinski definition) is 7. The van der Waals surface area contributed by atoms with Crippen LogP contribution in [-0.2, 0) is 0 Å². The molecule has 1 aromatic heterocycles. The van der Waals surface area contributed by atoms with E-state index < -0.39 is 5.82 Å². The van der Waals surface area contributed by atoms with Gasteiger partial charge in [-0.3, -0.25) is 0 Å². The van der Waals surface area contributed by atoms with Crippen molar-refractivity contribution in [3.63, 3.8) is 0 Å². The summed E-state index contributed by atoms with van der Waals surface area (Å²) in [6, 6.07) is 6.32. The molecule has 0 unspecified atom stereocenters. The van der Waals surface area contributed by atoms with Crippen molar-refractivity contribution in [2.45, 2.75) is 0 Å². The van der Waals surface area contributed by atoms with E-state index in [1.807, 2.05) is 12.1 Å². The summed E-state index contributed by atoms with van der Waals surface area (Å²) in [4.78, 5) is 9.20. The van der Waals surface area contributed by atoms with Crippen molar-refractivity contribution in [2.75, 3.05) is 30.5 Å². The molecule has 2 aromatic rings. The van der Waals surface area contributed by atoms with E-state index in [4.69, 9.17) is 11.5 Å². The second-order valence-corrected chi connectivity index (χ2v) is 4.63. The number of nitriles is 2. The van der Waals surface area contributed by atoms with E-state index in [1.54, 1.807) is 19.0 Å². The molecule has 2 rings (SSSR count). The molecule has 22 heavy (non-hydrogen) atoms. The molecule has 0 atom stereocenters. The van der Waals surface area contributed by atoms with E-state index in [2.05, 4.69) is 9.97 Å². The molecule has 1 heterocycles. The van der Waals surface area contributed by atoms with Gasteiger partial charge in [0.1, 0.15) is 35.0 Å². The van der Waals surface area contributed by atoms with E-state index >= 15 is 0 Å². The van der Waals surface area contributed by atoms with Gasteiger partial charge in [0.2, 0.25) is 5.95 Å². The molecule has 0 aliphatic carbocycles. The van der Waals surface area contributed by atoms with Crippen LogP contribution in [-0.4, -0.2) is 24.1 Å². The van der Waals surface area contributed by atoms with Crippen molar-refractivity contribution in [1.82, 2.24) is 9.97 Å². The Morgan fingerprint density at radius 1 is 1.14 bits per heavy atom. The lowest BCUT2D eigenvalue weighted by Gasteiger charge is -2.20. The topological polar surface area (TPSA) is 129 Å². The second-order valence-electron chi connectivity index (χ2n) is 4.63. The van der Waals surface area contributed by atoms with Gasteiger partial charge in [-0.1, -0.05) is 0 Å². The SMILES string of the molecule is CN(C)c1c(C#N)ccc(F)c1-c1nc(N)nc(N)c1C#N.